The van der Waals surface area contributed by atoms with Crippen LogP contribution in [0.4, 0.5) is 0 Å². The molecule has 3 nitrogen and oxygen atoms in total. The highest BCUT2D eigenvalue weighted by molar-refractivity contribution is 9.12. The molecule has 1 aromatic carbocycles. The lowest BCUT2D eigenvalue weighted by molar-refractivity contribution is 0.0976. The molecule has 0 bridgehead atoms. The summed E-state index contributed by atoms with van der Waals surface area (Å²) < 4.78 is 0.317. The molecule has 0 radical (unpaired) electrons. The SMILES string of the molecule is O=C1C(Br)=C(NCCc2cccs2)C(=O)c2ccccc21. The lowest BCUT2D eigenvalue weighted by atomic mass is 9.92. The molecule has 2 aromatic rings. The number of hydrogen-bond donors (Lipinski definition) is 1. The van der Waals surface area contributed by atoms with Crippen molar-refractivity contribution < 1.29 is 9.59 Å². The Morgan fingerprint density at radius 3 is 2.38 bits per heavy atom. The van der Waals surface area contributed by atoms with Crippen LogP contribution in [0.15, 0.2) is 52.0 Å². The lowest BCUT2D eigenvalue weighted by Gasteiger charge is -2.18. The molecule has 1 N–H and O–H groups in total. The van der Waals surface area contributed by atoms with Crippen LogP contribution >= 0.6 is 27.3 Å². The third-order valence-corrected chi connectivity index (χ3v) is 5.01. The van der Waals surface area contributed by atoms with Gasteiger partial charge in [-0.25, -0.2) is 0 Å². The molecule has 0 atom stereocenters. The Morgan fingerprint density at radius 1 is 1.00 bits per heavy atom. The molecule has 0 unspecified atom stereocenters. The quantitative estimate of drug-likeness (QED) is 0.905. The fraction of sp³-hybridized carbons (Fsp3) is 0.125. The highest BCUT2D eigenvalue weighted by atomic mass is 79.9. The smallest absolute Gasteiger partial charge is 0.210 e. The fourth-order valence-corrected chi connectivity index (χ4v) is 3.51. The van der Waals surface area contributed by atoms with Gasteiger partial charge in [0.2, 0.25) is 11.6 Å². The first-order valence-corrected chi connectivity index (χ1v) is 8.20. The van der Waals surface area contributed by atoms with E-state index in [-0.39, 0.29) is 11.6 Å². The summed E-state index contributed by atoms with van der Waals surface area (Å²) in [5.41, 5.74) is 1.28. The molecule has 0 saturated carbocycles. The van der Waals surface area contributed by atoms with Gasteiger partial charge < -0.3 is 5.32 Å². The predicted octanol–water partition coefficient (Wildman–Crippen LogP) is 3.57. The Bertz CT molecular complexity index is 734. The Morgan fingerprint density at radius 2 is 1.71 bits per heavy atom. The van der Waals surface area contributed by atoms with Crippen molar-refractivity contribution in [3.63, 3.8) is 0 Å². The van der Waals surface area contributed by atoms with Gasteiger partial charge in [0.15, 0.2) is 0 Å². The maximum atomic E-state index is 12.5. The zero-order valence-electron chi connectivity index (χ0n) is 11.1. The summed E-state index contributed by atoms with van der Waals surface area (Å²) >= 11 is 4.94. The van der Waals surface area contributed by atoms with Crippen molar-refractivity contribution in [1.29, 1.82) is 0 Å². The van der Waals surface area contributed by atoms with Crippen molar-refractivity contribution in [3.8, 4) is 0 Å². The number of ketones is 2. The van der Waals surface area contributed by atoms with Crippen LogP contribution in [0.5, 0.6) is 0 Å². The summed E-state index contributed by atoms with van der Waals surface area (Å²) in [6.07, 6.45) is 0.824. The average molecular weight is 362 g/mol. The van der Waals surface area contributed by atoms with Crippen LogP contribution in [0.25, 0.3) is 0 Å². The third-order valence-electron chi connectivity index (χ3n) is 3.32. The monoisotopic (exact) mass is 361 g/mol. The van der Waals surface area contributed by atoms with Crippen LogP contribution < -0.4 is 5.32 Å². The second-order valence-corrected chi connectivity index (χ2v) is 6.47. The number of rotatable bonds is 4. The molecule has 0 aliphatic heterocycles. The Hall–Kier alpha value is -1.72. The Kier molecular flexibility index (Phi) is 4.03. The summed E-state index contributed by atoms with van der Waals surface area (Å²) in [5, 5.41) is 5.12. The Labute approximate surface area is 134 Å². The second-order valence-electron chi connectivity index (χ2n) is 4.65. The van der Waals surface area contributed by atoms with Crippen LogP contribution in [0.2, 0.25) is 0 Å². The standard InChI is InChI=1S/C16H12BrNO2S/c17-13-14(18-8-7-10-4-3-9-21-10)16(20)12-6-2-1-5-11(12)15(13)19/h1-6,9,18H,7-8H2. The number of allylic oxidation sites excluding steroid dienone is 2. The van der Waals surface area contributed by atoms with Gasteiger partial charge in [-0.3, -0.25) is 9.59 Å². The predicted molar refractivity (Wildman–Crippen MR) is 87.1 cm³/mol. The molecule has 106 valence electrons. The molecular formula is C16H12BrNO2S. The number of thiophene rings is 1. The number of nitrogens with one attached hydrogen (secondary N) is 1. The van der Waals surface area contributed by atoms with Gasteiger partial charge in [-0.05, 0) is 33.8 Å². The van der Waals surface area contributed by atoms with E-state index in [1.54, 1.807) is 35.6 Å². The van der Waals surface area contributed by atoms with Crippen LogP contribution in [0, 0.1) is 0 Å². The summed E-state index contributed by atoms with van der Waals surface area (Å²) in [6, 6.07) is 11.0. The number of halogens is 1. The first kappa shape index (κ1) is 14.2. The largest absolute Gasteiger partial charge is 0.380 e. The number of hydrogen-bond acceptors (Lipinski definition) is 4. The van der Waals surface area contributed by atoms with Crippen molar-refractivity contribution in [2.45, 2.75) is 6.42 Å². The molecule has 0 fully saturated rings. The van der Waals surface area contributed by atoms with Gasteiger partial charge in [-0.1, -0.05) is 30.3 Å². The summed E-state index contributed by atoms with van der Waals surface area (Å²) in [4.78, 5) is 26.0. The van der Waals surface area contributed by atoms with Crippen molar-refractivity contribution in [2.75, 3.05) is 6.54 Å². The molecule has 0 spiro atoms. The van der Waals surface area contributed by atoms with E-state index >= 15 is 0 Å². The highest BCUT2D eigenvalue weighted by Gasteiger charge is 2.30. The van der Waals surface area contributed by atoms with Gasteiger partial charge >= 0.3 is 0 Å². The van der Waals surface area contributed by atoms with Crippen LogP contribution in [-0.4, -0.2) is 18.1 Å². The van der Waals surface area contributed by atoms with E-state index in [0.717, 1.165) is 6.42 Å². The van der Waals surface area contributed by atoms with E-state index in [1.165, 1.54) is 4.88 Å². The number of Topliss-reactive ketones (excluding diaryl/α,β-unsaturated/α-hetero) is 2. The second kappa shape index (κ2) is 5.95. The molecule has 21 heavy (non-hydrogen) atoms. The minimum Gasteiger partial charge on any atom is -0.380 e. The van der Waals surface area contributed by atoms with Gasteiger partial charge in [0.05, 0.1) is 4.48 Å². The lowest BCUT2D eigenvalue weighted by Crippen LogP contribution is -2.30. The summed E-state index contributed by atoms with van der Waals surface area (Å²) in [7, 11) is 0. The van der Waals surface area contributed by atoms with E-state index in [0.29, 0.717) is 27.9 Å². The van der Waals surface area contributed by atoms with E-state index < -0.39 is 0 Å². The molecule has 0 saturated heterocycles. The van der Waals surface area contributed by atoms with Crippen LogP contribution in [0.1, 0.15) is 25.6 Å². The molecule has 1 heterocycles. The van der Waals surface area contributed by atoms with Crippen molar-refractivity contribution in [3.05, 3.63) is 68.0 Å². The normalized spacial score (nSPS) is 14.3. The van der Waals surface area contributed by atoms with Gasteiger partial charge in [-0.2, -0.15) is 0 Å². The zero-order chi connectivity index (χ0) is 14.8. The molecule has 1 aliphatic rings. The third kappa shape index (κ3) is 2.71. The van der Waals surface area contributed by atoms with E-state index in [1.807, 2.05) is 11.4 Å². The molecule has 1 aliphatic carbocycles. The van der Waals surface area contributed by atoms with E-state index in [2.05, 4.69) is 27.3 Å². The van der Waals surface area contributed by atoms with Crippen molar-refractivity contribution >= 4 is 38.8 Å². The molecular weight excluding hydrogens is 350 g/mol. The highest BCUT2D eigenvalue weighted by Crippen LogP contribution is 2.28. The van der Waals surface area contributed by atoms with Crippen molar-refractivity contribution in [2.24, 2.45) is 0 Å². The number of carbonyl (C=O) groups excluding carboxylic acids is 2. The van der Waals surface area contributed by atoms with Gasteiger partial charge in [0.25, 0.3) is 0 Å². The van der Waals surface area contributed by atoms with Gasteiger partial charge in [0, 0.05) is 22.5 Å². The van der Waals surface area contributed by atoms with Crippen LogP contribution in [-0.2, 0) is 6.42 Å². The Balaban J connectivity index is 1.80. The van der Waals surface area contributed by atoms with Gasteiger partial charge in [-0.15, -0.1) is 11.3 Å². The van der Waals surface area contributed by atoms with Crippen LogP contribution in [0.3, 0.4) is 0 Å². The first-order chi connectivity index (χ1) is 10.2. The number of benzene rings is 1. The summed E-state index contributed by atoms with van der Waals surface area (Å²) in [5.74, 6) is -0.285. The van der Waals surface area contributed by atoms with Crippen molar-refractivity contribution in [1.82, 2.24) is 5.32 Å². The van der Waals surface area contributed by atoms with E-state index in [4.69, 9.17) is 0 Å². The molecule has 5 heteroatoms. The first-order valence-electron chi connectivity index (χ1n) is 6.53. The van der Waals surface area contributed by atoms with E-state index in [9.17, 15) is 9.59 Å². The fourth-order valence-electron chi connectivity index (χ4n) is 2.27. The number of fused-ring (bicyclic) bond motifs is 1. The summed E-state index contributed by atoms with van der Waals surface area (Å²) in [6.45, 7) is 0.617. The zero-order valence-corrected chi connectivity index (χ0v) is 13.5. The topological polar surface area (TPSA) is 46.2 Å². The molecule has 1 aromatic heterocycles. The maximum Gasteiger partial charge on any atom is 0.210 e. The maximum absolute atomic E-state index is 12.5. The molecule has 0 amide bonds. The minimum atomic E-state index is -0.149. The minimum absolute atomic E-state index is 0.136. The average Bonchev–Trinajstić information content (AvgIpc) is 3.02. The molecule has 3 rings (SSSR count). The number of carbonyl (C=O) groups is 2. The van der Waals surface area contributed by atoms with Gasteiger partial charge in [0.1, 0.15) is 5.70 Å².